The van der Waals surface area contributed by atoms with Gasteiger partial charge in [0.15, 0.2) is 0 Å². The van der Waals surface area contributed by atoms with Crippen molar-refractivity contribution in [2.45, 2.75) is 76.5 Å². The van der Waals surface area contributed by atoms with Crippen molar-refractivity contribution in [3.63, 3.8) is 0 Å². The molecule has 0 radical (unpaired) electrons. The van der Waals surface area contributed by atoms with Gasteiger partial charge in [-0.15, -0.1) is 12.4 Å². The van der Waals surface area contributed by atoms with E-state index in [-0.39, 0.29) is 36.4 Å². The fraction of sp³-hybridized carbons (Fsp3) is 0.882. The average molecular weight is 362 g/mol. The molecule has 0 aromatic heterocycles. The molecule has 140 valence electrons. The molecule has 2 amide bonds. The standard InChI is InChI=1S/C17H31N3O3.ClH/c1-13-5-6-15(23-13)7-8-17(22)20-11-3-2-4-14(20)12-19-16(21)9-10-18;/h13-15H,2-12,18H2,1H3,(H,19,21);1H. The zero-order valence-corrected chi connectivity index (χ0v) is 15.5. The number of nitrogens with one attached hydrogen (secondary N) is 1. The van der Waals surface area contributed by atoms with Crippen LogP contribution in [0.4, 0.5) is 0 Å². The molecule has 3 atom stereocenters. The van der Waals surface area contributed by atoms with Crippen molar-refractivity contribution in [3.8, 4) is 0 Å². The monoisotopic (exact) mass is 361 g/mol. The van der Waals surface area contributed by atoms with Gasteiger partial charge in [0.25, 0.3) is 0 Å². The van der Waals surface area contributed by atoms with E-state index >= 15 is 0 Å². The largest absolute Gasteiger partial charge is 0.375 e. The van der Waals surface area contributed by atoms with E-state index in [1.165, 1.54) is 0 Å². The van der Waals surface area contributed by atoms with E-state index in [4.69, 9.17) is 10.5 Å². The van der Waals surface area contributed by atoms with Crippen molar-refractivity contribution in [1.29, 1.82) is 0 Å². The number of carbonyl (C=O) groups excluding carboxylic acids is 2. The summed E-state index contributed by atoms with van der Waals surface area (Å²) < 4.78 is 5.79. The van der Waals surface area contributed by atoms with Crippen LogP contribution in [-0.2, 0) is 14.3 Å². The summed E-state index contributed by atoms with van der Waals surface area (Å²) in [6, 6.07) is 0.126. The number of amides is 2. The maximum Gasteiger partial charge on any atom is 0.222 e. The Balaban J connectivity index is 0.00000288. The van der Waals surface area contributed by atoms with Gasteiger partial charge in [-0.3, -0.25) is 9.59 Å². The Labute approximate surface area is 151 Å². The Morgan fingerprint density at radius 3 is 2.67 bits per heavy atom. The van der Waals surface area contributed by atoms with Crippen molar-refractivity contribution < 1.29 is 14.3 Å². The molecular formula is C17H32ClN3O3. The van der Waals surface area contributed by atoms with Crippen LogP contribution in [0.2, 0.25) is 0 Å². The molecular weight excluding hydrogens is 330 g/mol. The molecule has 0 saturated carbocycles. The molecule has 0 bridgehead atoms. The first-order valence-corrected chi connectivity index (χ1v) is 9.02. The zero-order chi connectivity index (χ0) is 16.7. The first kappa shape index (κ1) is 21.2. The summed E-state index contributed by atoms with van der Waals surface area (Å²) in [5.41, 5.74) is 5.39. The summed E-state index contributed by atoms with van der Waals surface area (Å²) in [5.74, 6) is 0.171. The van der Waals surface area contributed by atoms with E-state index in [1.807, 2.05) is 4.90 Å². The van der Waals surface area contributed by atoms with E-state index in [0.29, 0.717) is 32.0 Å². The van der Waals surface area contributed by atoms with Gasteiger partial charge in [-0.25, -0.2) is 0 Å². The lowest BCUT2D eigenvalue weighted by molar-refractivity contribution is -0.136. The Hall–Kier alpha value is -0.850. The first-order valence-electron chi connectivity index (χ1n) is 9.02. The average Bonchev–Trinajstić information content (AvgIpc) is 2.97. The van der Waals surface area contributed by atoms with Gasteiger partial charge in [0, 0.05) is 38.5 Å². The minimum Gasteiger partial charge on any atom is -0.375 e. The summed E-state index contributed by atoms with van der Waals surface area (Å²) in [5, 5.41) is 2.90. The quantitative estimate of drug-likeness (QED) is 0.721. The molecule has 0 aromatic rings. The topological polar surface area (TPSA) is 84.7 Å². The van der Waals surface area contributed by atoms with E-state index < -0.39 is 0 Å². The Bertz CT molecular complexity index is 409. The smallest absolute Gasteiger partial charge is 0.222 e. The lowest BCUT2D eigenvalue weighted by Gasteiger charge is -2.36. The Kier molecular flexibility index (Phi) is 9.63. The second kappa shape index (κ2) is 10.9. The third kappa shape index (κ3) is 6.57. The molecule has 2 heterocycles. The van der Waals surface area contributed by atoms with Crippen LogP contribution >= 0.6 is 12.4 Å². The van der Waals surface area contributed by atoms with Gasteiger partial charge >= 0.3 is 0 Å². The summed E-state index contributed by atoms with van der Waals surface area (Å²) >= 11 is 0. The number of rotatable bonds is 7. The molecule has 0 aromatic carbocycles. The summed E-state index contributed by atoms with van der Waals surface area (Å²) in [7, 11) is 0. The maximum absolute atomic E-state index is 12.6. The third-order valence-electron chi connectivity index (χ3n) is 4.85. The fourth-order valence-electron chi connectivity index (χ4n) is 3.52. The number of likely N-dealkylation sites (tertiary alicyclic amines) is 1. The van der Waals surface area contributed by atoms with Gasteiger partial charge in [0.05, 0.1) is 12.2 Å². The SMILES string of the molecule is CC1CCC(CCC(=O)N2CCCCC2CNC(=O)CCN)O1.Cl. The molecule has 2 rings (SSSR count). The maximum atomic E-state index is 12.6. The predicted molar refractivity (Wildman–Crippen MR) is 96.1 cm³/mol. The molecule has 2 aliphatic rings. The van der Waals surface area contributed by atoms with Crippen molar-refractivity contribution in [2.75, 3.05) is 19.6 Å². The lowest BCUT2D eigenvalue weighted by Crippen LogP contribution is -2.49. The lowest BCUT2D eigenvalue weighted by atomic mass is 10.0. The van der Waals surface area contributed by atoms with Crippen LogP contribution in [0.25, 0.3) is 0 Å². The van der Waals surface area contributed by atoms with Crippen molar-refractivity contribution in [3.05, 3.63) is 0 Å². The van der Waals surface area contributed by atoms with E-state index in [1.54, 1.807) is 0 Å². The molecule has 6 nitrogen and oxygen atoms in total. The summed E-state index contributed by atoms with van der Waals surface area (Å²) in [6.07, 6.45) is 7.56. The number of ether oxygens (including phenoxy) is 1. The van der Waals surface area contributed by atoms with Crippen LogP contribution in [0.3, 0.4) is 0 Å². The molecule has 3 N–H and O–H groups in total. The molecule has 2 fully saturated rings. The highest BCUT2D eigenvalue weighted by molar-refractivity contribution is 5.85. The van der Waals surface area contributed by atoms with Crippen LogP contribution in [0.1, 0.15) is 58.3 Å². The van der Waals surface area contributed by atoms with Gasteiger partial charge in [-0.05, 0) is 45.4 Å². The van der Waals surface area contributed by atoms with Crippen molar-refractivity contribution in [2.24, 2.45) is 5.73 Å². The van der Waals surface area contributed by atoms with E-state index in [9.17, 15) is 9.59 Å². The van der Waals surface area contributed by atoms with Gasteiger partial charge in [-0.1, -0.05) is 0 Å². The number of nitrogens with two attached hydrogens (primary N) is 1. The number of halogens is 1. The highest BCUT2D eigenvalue weighted by Crippen LogP contribution is 2.24. The highest BCUT2D eigenvalue weighted by Gasteiger charge is 2.28. The third-order valence-corrected chi connectivity index (χ3v) is 4.85. The van der Waals surface area contributed by atoms with Gasteiger partial charge in [-0.2, -0.15) is 0 Å². The minimum atomic E-state index is -0.0289. The van der Waals surface area contributed by atoms with Gasteiger partial charge in [0.1, 0.15) is 0 Å². The molecule has 0 spiro atoms. The molecule has 7 heteroatoms. The number of nitrogens with zero attached hydrogens (tertiary/aromatic N) is 1. The van der Waals surface area contributed by atoms with Crippen LogP contribution in [0, 0.1) is 0 Å². The summed E-state index contributed by atoms with van der Waals surface area (Å²) in [6.45, 7) is 3.80. The van der Waals surface area contributed by atoms with Crippen molar-refractivity contribution >= 4 is 24.2 Å². The van der Waals surface area contributed by atoms with E-state index in [2.05, 4.69) is 12.2 Å². The van der Waals surface area contributed by atoms with Gasteiger partial charge in [0.2, 0.25) is 11.8 Å². The molecule has 0 aliphatic carbocycles. The zero-order valence-electron chi connectivity index (χ0n) is 14.7. The fourth-order valence-corrected chi connectivity index (χ4v) is 3.52. The number of piperidine rings is 1. The minimum absolute atomic E-state index is 0. The molecule has 24 heavy (non-hydrogen) atoms. The second-order valence-electron chi connectivity index (χ2n) is 6.76. The number of carbonyl (C=O) groups is 2. The van der Waals surface area contributed by atoms with Gasteiger partial charge < -0.3 is 20.7 Å². The molecule has 2 saturated heterocycles. The number of hydrogen-bond donors (Lipinski definition) is 2. The second-order valence-corrected chi connectivity index (χ2v) is 6.76. The van der Waals surface area contributed by atoms with Crippen LogP contribution < -0.4 is 11.1 Å². The Morgan fingerprint density at radius 1 is 1.21 bits per heavy atom. The summed E-state index contributed by atoms with van der Waals surface area (Å²) in [4.78, 5) is 26.1. The van der Waals surface area contributed by atoms with Crippen LogP contribution in [-0.4, -0.2) is 54.6 Å². The molecule has 3 unspecified atom stereocenters. The van der Waals surface area contributed by atoms with Crippen molar-refractivity contribution in [1.82, 2.24) is 10.2 Å². The Morgan fingerprint density at radius 2 is 2.00 bits per heavy atom. The van der Waals surface area contributed by atoms with Crippen LogP contribution in [0.15, 0.2) is 0 Å². The predicted octanol–water partition coefficient (Wildman–Crippen LogP) is 1.60. The molecule has 2 aliphatic heterocycles. The first-order chi connectivity index (χ1) is 11.1. The van der Waals surface area contributed by atoms with Crippen LogP contribution in [0.5, 0.6) is 0 Å². The highest BCUT2D eigenvalue weighted by atomic mass is 35.5. The van der Waals surface area contributed by atoms with E-state index in [0.717, 1.165) is 45.1 Å². The normalized spacial score (nSPS) is 26.8. The number of hydrogen-bond acceptors (Lipinski definition) is 4.